The highest BCUT2D eigenvalue weighted by atomic mass is 19.3. The van der Waals surface area contributed by atoms with Crippen LogP contribution in [0.2, 0.25) is 0 Å². The Bertz CT molecular complexity index is 1810. The summed E-state index contributed by atoms with van der Waals surface area (Å²) < 4.78 is 26.4. The number of alkyl halides is 2. The number of carbonyl (C=O) groups excluding carboxylic acids is 3. The lowest BCUT2D eigenvalue weighted by Gasteiger charge is -2.28. The highest BCUT2D eigenvalue weighted by Crippen LogP contribution is 2.29. The molecule has 4 aromatic rings. The number of nitrogens with one attached hydrogen (secondary N) is 5. The Kier molecular flexibility index (Phi) is 11.2. The van der Waals surface area contributed by atoms with Crippen LogP contribution in [-0.2, 0) is 16.0 Å². The molecule has 7 N–H and O–H groups in total. The van der Waals surface area contributed by atoms with Crippen LogP contribution in [0, 0.1) is 18.8 Å². The maximum Gasteiger partial charge on any atom is 0.295 e. The van der Waals surface area contributed by atoms with Crippen molar-refractivity contribution in [3.05, 3.63) is 83.2 Å². The molecule has 1 saturated carbocycles. The quantitative estimate of drug-likeness (QED) is 0.125. The summed E-state index contributed by atoms with van der Waals surface area (Å²) in [6.45, 7) is 4.39. The molecule has 0 spiro atoms. The molecule has 1 aliphatic heterocycles. The van der Waals surface area contributed by atoms with Crippen LogP contribution in [0.3, 0.4) is 0 Å². The van der Waals surface area contributed by atoms with E-state index in [0.29, 0.717) is 34.7 Å². The average molecular weight is 686 g/mol. The molecule has 2 fully saturated rings. The molecular weight excluding hydrogens is 640 g/mol. The van der Waals surface area contributed by atoms with Crippen LogP contribution in [-0.4, -0.2) is 59.4 Å². The minimum atomic E-state index is -2.75. The van der Waals surface area contributed by atoms with E-state index in [1.165, 1.54) is 0 Å². The normalized spacial score (nSPS) is 18.9. The number of aromatic nitrogens is 2. The van der Waals surface area contributed by atoms with Gasteiger partial charge in [-0.05, 0) is 124 Å². The fourth-order valence-corrected chi connectivity index (χ4v) is 7.02. The van der Waals surface area contributed by atoms with Gasteiger partial charge in [0.2, 0.25) is 11.8 Å². The smallest absolute Gasteiger partial charge is 0.295 e. The van der Waals surface area contributed by atoms with E-state index in [2.05, 4.69) is 31.2 Å². The second-order valence-corrected chi connectivity index (χ2v) is 13.6. The van der Waals surface area contributed by atoms with Gasteiger partial charge in [-0.1, -0.05) is 30.3 Å². The topological polar surface area (TPSA) is 154 Å². The lowest BCUT2D eigenvalue weighted by molar-refractivity contribution is -0.130. The zero-order valence-electron chi connectivity index (χ0n) is 28.2. The monoisotopic (exact) mass is 685 g/mol. The fourth-order valence-electron chi connectivity index (χ4n) is 7.02. The van der Waals surface area contributed by atoms with Crippen LogP contribution in [0.1, 0.15) is 72.3 Å². The molecule has 2 heterocycles. The molecule has 0 unspecified atom stereocenters. The number of benzene rings is 3. The highest BCUT2D eigenvalue weighted by Gasteiger charge is 2.29. The Morgan fingerprint density at radius 3 is 2.36 bits per heavy atom. The number of carbonyl (C=O) groups is 3. The van der Waals surface area contributed by atoms with E-state index < -0.39 is 24.2 Å². The van der Waals surface area contributed by atoms with Crippen molar-refractivity contribution < 1.29 is 23.2 Å². The van der Waals surface area contributed by atoms with Crippen molar-refractivity contribution in [3.8, 4) is 11.1 Å². The molecule has 10 nitrogen and oxygen atoms in total. The molecule has 3 aromatic carbocycles. The third-order valence-corrected chi connectivity index (χ3v) is 10.0. The van der Waals surface area contributed by atoms with Gasteiger partial charge < -0.3 is 32.0 Å². The first-order chi connectivity index (χ1) is 24.2. The van der Waals surface area contributed by atoms with Crippen molar-refractivity contribution in [2.45, 2.75) is 70.4 Å². The lowest BCUT2D eigenvalue weighted by atomic mass is 9.81. The summed E-state index contributed by atoms with van der Waals surface area (Å²) in [6.07, 6.45) is 2.53. The van der Waals surface area contributed by atoms with Crippen molar-refractivity contribution in [2.75, 3.05) is 25.0 Å². The summed E-state index contributed by atoms with van der Waals surface area (Å²) in [4.78, 5) is 46.5. The number of amides is 3. The molecule has 12 heteroatoms. The summed E-state index contributed by atoms with van der Waals surface area (Å²) in [5, 5.41) is 12.3. The molecule has 1 aromatic heterocycles. The first-order valence-corrected chi connectivity index (χ1v) is 17.5. The van der Waals surface area contributed by atoms with Crippen LogP contribution in [0.25, 0.3) is 22.2 Å². The number of piperidine rings is 1. The number of fused-ring (bicyclic) bond motifs is 1. The Balaban J connectivity index is 1.16. The standard InChI is InChI=1S/C38H45F2N7O3/c1-22-18-27(37(49)43-28-14-16-42-17-15-28)10-12-30(22)25-6-2-23(3-7-25)19-33(47-36(48)26-8-4-24(21-41)5-9-26)38(50)44-29-11-13-31-32(20-29)46-35(45-31)34(39)40/h2-3,6-7,10-13,18,20,24,26,28,33-34,42H,4-5,8-9,14-17,19,21,41H2,1H3,(H,43,49)(H,44,50)(H,45,46)(H,47,48)/t24?,26?,33-/m0/s1. The summed E-state index contributed by atoms with van der Waals surface area (Å²) in [5.74, 6) is -0.870. The Morgan fingerprint density at radius 2 is 1.68 bits per heavy atom. The first-order valence-electron chi connectivity index (χ1n) is 17.5. The third kappa shape index (κ3) is 8.54. The number of halogens is 2. The molecule has 1 saturated heterocycles. The largest absolute Gasteiger partial charge is 0.349 e. The van der Waals surface area contributed by atoms with E-state index in [1.54, 1.807) is 18.2 Å². The third-order valence-electron chi connectivity index (χ3n) is 10.0. The van der Waals surface area contributed by atoms with Gasteiger partial charge in [0.05, 0.1) is 11.0 Å². The maximum absolute atomic E-state index is 13.7. The summed E-state index contributed by atoms with van der Waals surface area (Å²) in [6, 6.07) is 17.6. The Labute approximate surface area is 290 Å². The molecule has 0 radical (unpaired) electrons. The van der Waals surface area contributed by atoms with Crippen LogP contribution in [0.4, 0.5) is 14.5 Å². The molecule has 1 aliphatic carbocycles. The number of hydrogen-bond donors (Lipinski definition) is 6. The van der Waals surface area contributed by atoms with Crippen LogP contribution < -0.4 is 27.0 Å². The van der Waals surface area contributed by atoms with E-state index in [9.17, 15) is 23.2 Å². The Hall–Kier alpha value is -4.68. The average Bonchev–Trinajstić information content (AvgIpc) is 3.56. The van der Waals surface area contributed by atoms with Gasteiger partial charge in [-0.25, -0.2) is 13.8 Å². The van der Waals surface area contributed by atoms with Crippen molar-refractivity contribution in [3.63, 3.8) is 0 Å². The number of H-pyrrole nitrogens is 1. The van der Waals surface area contributed by atoms with Crippen molar-refractivity contribution in [1.82, 2.24) is 25.9 Å². The molecule has 3 amide bonds. The van der Waals surface area contributed by atoms with Gasteiger partial charge in [-0.2, -0.15) is 0 Å². The van der Waals surface area contributed by atoms with E-state index in [0.717, 1.165) is 73.9 Å². The van der Waals surface area contributed by atoms with Crippen molar-refractivity contribution in [2.24, 2.45) is 17.6 Å². The van der Waals surface area contributed by atoms with E-state index >= 15 is 0 Å². The fraction of sp³-hybridized carbons (Fsp3) is 0.421. The second kappa shape index (κ2) is 15.9. The molecule has 6 rings (SSSR count). The van der Waals surface area contributed by atoms with Gasteiger partial charge in [0, 0.05) is 29.6 Å². The van der Waals surface area contributed by atoms with E-state index in [4.69, 9.17) is 5.73 Å². The van der Waals surface area contributed by atoms with Crippen LogP contribution in [0.15, 0.2) is 60.7 Å². The van der Waals surface area contributed by atoms with E-state index in [1.807, 2.05) is 49.4 Å². The molecule has 2 aliphatic rings. The van der Waals surface area contributed by atoms with Crippen molar-refractivity contribution in [1.29, 1.82) is 0 Å². The lowest BCUT2D eigenvalue weighted by Crippen LogP contribution is -2.48. The van der Waals surface area contributed by atoms with Gasteiger partial charge in [-0.3, -0.25) is 14.4 Å². The molecule has 50 heavy (non-hydrogen) atoms. The van der Waals surface area contributed by atoms with E-state index in [-0.39, 0.29) is 30.2 Å². The highest BCUT2D eigenvalue weighted by molar-refractivity contribution is 5.99. The number of hydrogen-bond acceptors (Lipinski definition) is 6. The predicted molar refractivity (Wildman–Crippen MR) is 190 cm³/mol. The summed E-state index contributed by atoms with van der Waals surface area (Å²) in [5.41, 5.74) is 11.4. The number of imidazole rings is 1. The van der Waals surface area contributed by atoms with Crippen LogP contribution in [0.5, 0.6) is 0 Å². The predicted octanol–water partition coefficient (Wildman–Crippen LogP) is 5.39. The van der Waals surface area contributed by atoms with Gasteiger partial charge >= 0.3 is 0 Å². The number of rotatable bonds is 11. The first kappa shape index (κ1) is 35.2. The summed E-state index contributed by atoms with van der Waals surface area (Å²) in [7, 11) is 0. The van der Waals surface area contributed by atoms with Gasteiger partial charge in [0.1, 0.15) is 6.04 Å². The number of aromatic amines is 1. The van der Waals surface area contributed by atoms with Crippen LogP contribution >= 0.6 is 0 Å². The number of anilines is 1. The van der Waals surface area contributed by atoms with Crippen molar-refractivity contribution >= 4 is 34.4 Å². The second-order valence-electron chi connectivity index (χ2n) is 13.6. The van der Waals surface area contributed by atoms with Gasteiger partial charge in [0.15, 0.2) is 5.82 Å². The zero-order chi connectivity index (χ0) is 35.2. The molecular formula is C38H45F2N7O3. The molecule has 0 bridgehead atoms. The number of aryl methyl sites for hydroxylation is 1. The number of nitrogens with two attached hydrogens (primary N) is 1. The molecule has 264 valence electrons. The zero-order valence-corrected chi connectivity index (χ0v) is 28.2. The Morgan fingerprint density at radius 1 is 0.940 bits per heavy atom. The summed E-state index contributed by atoms with van der Waals surface area (Å²) >= 11 is 0. The van der Waals surface area contributed by atoms with Gasteiger partial charge in [0.25, 0.3) is 12.3 Å². The van der Waals surface area contributed by atoms with Gasteiger partial charge in [-0.15, -0.1) is 0 Å². The molecule has 1 atom stereocenters. The number of nitrogens with zero attached hydrogens (tertiary/aromatic N) is 1. The minimum absolute atomic E-state index is 0.0666. The minimum Gasteiger partial charge on any atom is -0.349 e. The maximum atomic E-state index is 13.7. The SMILES string of the molecule is Cc1cc(C(=O)NC2CCNCC2)ccc1-c1ccc(C[C@H](NC(=O)C2CCC(CN)CC2)C(=O)Nc2ccc3nc(C(F)F)[nH]c3c2)cc1.